The van der Waals surface area contributed by atoms with Crippen LogP contribution in [0.25, 0.3) is 0 Å². The molecule has 12 heavy (non-hydrogen) atoms. The molecule has 0 fully saturated rings. The number of aliphatic hydroxyl groups is 1. The van der Waals surface area contributed by atoms with Gasteiger partial charge >= 0.3 is 0 Å². The van der Waals surface area contributed by atoms with Crippen molar-refractivity contribution in [2.24, 2.45) is 10.8 Å². The highest BCUT2D eigenvalue weighted by molar-refractivity contribution is 4.72. The average Bonchev–Trinajstić information content (AvgIpc) is 1.84. The smallest absolute Gasteiger partial charge is 0.0494 e. The van der Waals surface area contributed by atoms with E-state index < -0.39 is 0 Å². The topological polar surface area (TPSA) is 32.3 Å². The van der Waals surface area contributed by atoms with Crippen LogP contribution in [0.3, 0.4) is 0 Å². The van der Waals surface area contributed by atoms with E-state index >= 15 is 0 Å². The minimum absolute atomic E-state index is 0.00521. The fraction of sp³-hybridized carbons (Fsp3) is 1.00. The van der Waals surface area contributed by atoms with E-state index in [9.17, 15) is 0 Å². The van der Waals surface area contributed by atoms with E-state index in [-0.39, 0.29) is 12.0 Å². The van der Waals surface area contributed by atoms with E-state index in [1.54, 1.807) is 0 Å². The van der Waals surface area contributed by atoms with Crippen molar-refractivity contribution in [2.75, 3.05) is 19.7 Å². The lowest BCUT2D eigenvalue weighted by Crippen LogP contribution is -2.36. The lowest BCUT2D eigenvalue weighted by atomic mass is 9.93. The van der Waals surface area contributed by atoms with Crippen molar-refractivity contribution in [3.05, 3.63) is 0 Å². The van der Waals surface area contributed by atoms with Crippen molar-refractivity contribution in [2.45, 2.75) is 34.6 Å². The molecule has 2 N–H and O–H groups in total. The van der Waals surface area contributed by atoms with Crippen molar-refractivity contribution in [1.82, 2.24) is 5.32 Å². The molecule has 0 bridgehead atoms. The predicted molar refractivity (Wildman–Crippen MR) is 53.2 cm³/mol. The number of aliphatic hydroxyl groups excluding tert-OH is 1. The fourth-order valence-corrected chi connectivity index (χ4v) is 0.832. The number of nitrogens with one attached hydrogen (secondary N) is 1. The highest BCUT2D eigenvalue weighted by Crippen LogP contribution is 2.14. The maximum absolute atomic E-state index is 8.98. The molecule has 0 rings (SSSR count). The van der Waals surface area contributed by atoms with Crippen molar-refractivity contribution in [3.8, 4) is 0 Å². The summed E-state index contributed by atoms with van der Waals surface area (Å²) < 4.78 is 0. The summed E-state index contributed by atoms with van der Waals surface area (Å²) in [5.41, 5.74) is 0.330. The molecule has 0 aromatic heterocycles. The van der Waals surface area contributed by atoms with Gasteiger partial charge in [0.1, 0.15) is 0 Å². The molecule has 0 spiro atoms. The Hall–Kier alpha value is -0.0800. The number of rotatable bonds is 4. The van der Waals surface area contributed by atoms with Gasteiger partial charge in [-0.15, -0.1) is 0 Å². The van der Waals surface area contributed by atoms with Crippen LogP contribution >= 0.6 is 0 Å². The van der Waals surface area contributed by atoms with Gasteiger partial charge in [-0.25, -0.2) is 0 Å². The van der Waals surface area contributed by atoms with Crippen molar-refractivity contribution >= 4 is 0 Å². The van der Waals surface area contributed by atoms with Crippen LogP contribution in [-0.2, 0) is 0 Å². The molecule has 0 aliphatic carbocycles. The van der Waals surface area contributed by atoms with Gasteiger partial charge in [0.05, 0.1) is 0 Å². The quantitative estimate of drug-likeness (QED) is 0.677. The van der Waals surface area contributed by atoms with E-state index in [1.807, 2.05) is 0 Å². The molecule has 0 unspecified atom stereocenters. The van der Waals surface area contributed by atoms with Gasteiger partial charge in [-0.2, -0.15) is 0 Å². The molecule has 0 heterocycles. The third kappa shape index (κ3) is 6.62. The summed E-state index contributed by atoms with van der Waals surface area (Å²) in [6.07, 6.45) is 0. The zero-order chi connectivity index (χ0) is 9.83. The lowest BCUT2D eigenvalue weighted by Gasteiger charge is -2.25. The minimum atomic E-state index is 0.00521. The Balaban J connectivity index is 3.57. The third-order valence-electron chi connectivity index (χ3n) is 1.69. The highest BCUT2D eigenvalue weighted by Gasteiger charge is 2.17. The van der Waals surface area contributed by atoms with Gasteiger partial charge in [-0.3, -0.25) is 0 Å². The monoisotopic (exact) mass is 173 g/mol. The standard InChI is InChI=1S/C10H23NO/c1-9(2,3)6-11-7-10(4,5)8-12/h11-12H,6-8H2,1-5H3. The Labute approximate surface area is 76.4 Å². The summed E-state index contributed by atoms with van der Waals surface area (Å²) in [6.45, 7) is 12.8. The van der Waals surface area contributed by atoms with E-state index in [1.165, 1.54) is 0 Å². The van der Waals surface area contributed by atoms with Crippen LogP contribution in [0.5, 0.6) is 0 Å². The summed E-state index contributed by atoms with van der Waals surface area (Å²) in [5.74, 6) is 0. The molecule has 2 nitrogen and oxygen atoms in total. The second-order valence-corrected chi connectivity index (χ2v) is 5.49. The summed E-state index contributed by atoms with van der Waals surface area (Å²) in [6, 6.07) is 0. The summed E-state index contributed by atoms with van der Waals surface area (Å²) >= 11 is 0. The Kier molecular flexibility index (Phi) is 4.21. The SMILES string of the molecule is CC(C)(C)CNCC(C)(C)CO. The van der Waals surface area contributed by atoms with Crippen LogP contribution in [0.15, 0.2) is 0 Å². The molecule has 0 amide bonds. The first kappa shape index (κ1) is 11.9. The molecule has 2 heteroatoms. The van der Waals surface area contributed by atoms with Crippen LogP contribution in [0, 0.1) is 10.8 Å². The van der Waals surface area contributed by atoms with Gasteiger partial charge in [-0.1, -0.05) is 34.6 Å². The first-order valence-corrected chi connectivity index (χ1v) is 4.58. The molecule has 74 valence electrons. The first-order chi connectivity index (χ1) is 5.27. The van der Waals surface area contributed by atoms with Crippen molar-refractivity contribution < 1.29 is 5.11 Å². The molecule has 0 aromatic carbocycles. The Morgan fingerprint density at radius 2 is 1.50 bits per heavy atom. The van der Waals surface area contributed by atoms with Crippen LogP contribution in [-0.4, -0.2) is 24.8 Å². The molecule has 0 saturated heterocycles. The maximum Gasteiger partial charge on any atom is 0.0494 e. The Morgan fingerprint density at radius 1 is 1.00 bits per heavy atom. The lowest BCUT2D eigenvalue weighted by molar-refractivity contribution is 0.153. The summed E-state index contributed by atoms with van der Waals surface area (Å²) in [7, 11) is 0. The van der Waals surface area contributed by atoms with Gasteiger partial charge in [0.15, 0.2) is 0 Å². The second kappa shape index (κ2) is 4.24. The van der Waals surface area contributed by atoms with E-state index in [0.29, 0.717) is 5.41 Å². The largest absolute Gasteiger partial charge is 0.396 e. The van der Waals surface area contributed by atoms with Crippen molar-refractivity contribution in [1.29, 1.82) is 0 Å². The molecule has 0 aliphatic heterocycles. The van der Waals surface area contributed by atoms with Crippen LogP contribution in [0.4, 0.5) is 0 Å². The third-order valence-corrected chi connectivity index (χ3v) is 1.69. The van der Waals surface area contributed by atoms with E-state index in [4.69, 9.17) is 5.11 Å². The van der Waals surface area contributed by atoms with Gasteiger partial charge in [0.2, 0.25) is 0 Å². The molecular weight excluding hydrogens is 150 g/mol. The normalized spacial score (nSPS) is 13.5. The Bertz CT molecular complexity index is 124. The minimum Gasteiger partial charge on any atom is -0.396 e. The number of hydrogen-bond donors (Lipinski definition) is 2. The van der Waals surface area contributed by atoms with Crippen molar-refractivity contribution in [3.63, 3.8) is 0 Å². The van der Waals surface area contributed by atoms with Gasteiger partial charge < -0.3 is 10.4 Å². The summed E-state index contributed by atoms with van der Waals surface area (Å²) in [5, 5.41) is 12.3. The Morgan fingerprint density at radius 3 is 1.83 bits per heavy atom. The molecule has 0 saturated carbocycles. The molecular formula is C10H23NO. The van der Waals surface area contributed by atoms with Crippen LogP contribution in [0.1, 0.15) is 34.6 Å². The average molecular weight is 173 g/mol. The fourth-order valence-electron chi connectivity index (χ4n) is 0.832. The highest BCUT2D eigenvalue weighted by atomic mass is 16.3. The van der Waals surface area contributed by atoms with Crippen LogP contribution < -0.4 is 5.32 Å². The zero-order valence-electron chi connectivity index (χ0n) is 9.07. The molecule has 0 radical (unpaired) electrons. The van der Waals surface area contributed by atoms with Gasteiger partial charge in [0.25, 0.3) is 0 Å². The molecule has 0 aliphatic rings. The molecule has 0 aromatic rings. The van der Waals surface area contributed by atoms with Gasteiger partial charge in [0, 0.05) is 25.1 Å². The van der Waals surface area contributed by atoms with E-state index in [2.05, 4.69) is 39.9 Å². The summed E-state index contributed by atoms with van der Waals surface area (Å²) in [4.78, 5) is 0. The molecule has 0 atom stereocenters. The predicted octanol–water partition coefficient (Wildman–Crippen LogP) is 1.64. The first-order valence-electron chi connectivity index (χ1n) is 4.58. The van der Waals surface area contributed by atoms with Gasteiger partial charge in [-0.05, 0) is 5.41 Å². The van der Waals surface area contributed by atoms with Crippen LogP contribution in [0.2, 0.25) is 0 Å². The van der Waals surface area contributed by atoms with E-state index in [0.717, 1.165) is 13.1 Å². The second-order valence-electron chi connectivity index (χ2n) is 5.49. The number of hydrogen-bond acceptors (Lipinski definition) is 2. The zero-order valence-corrected chi connectivity index (χ0v) is 9.07. The maximum atomic E-state index is 8.98.